The lowest BCUT2D eigenvalue weighted by molar-refractivity contribution is 0.174. The molecule has 0 amide bonds. The third-order valence-corrected chi connectivity index (χ3v) is 3.61. The maximum absolute atomic E-state index is 4.47. The molecule has 0 aliphatic carbocycles. The highest BCUT2D eigenvalue weighted by Crippen LogP contribution is 2.17. The zero-order valence-corrected chi connectivity index (χ0v) is 11.5. The average Bonchev–Trinajstić information content (AvgIpc) is 2.38. The smallest absolute Gasteiger partial charge is 0.125 e. The molecule has 1 N–H and O–H groups in total. The van der Waals surface area contributed by atoms with Crippen molar-refractivity contribution in [1.82, 2.24) is 20.2 Å². The van der Waals surface area contributed by atoms with Crippen LogP contribution in [-0.4, -0.2) is 41.0 Å². The van der Waals surface area contributed by atoms with E-state index in [-0.39, 0.29) is 0 Å². The van der Waals surface area contributed by atoms with Gasteiger partial charge in [0, 0.05) is 12.7 Å². The highest BCUT2D eigenvalue weighted by molar-refractivity contribution is 5.01. The second-order valence-corrected chi connectivity index (χ2v) is 5.12. The number of nitrogens with zero attached hydrogens (tertiary/aromatic N) is 3. The van der Waals surface area contributed by atoms with E-state index in [0.717, 1.165) is 30.5 Å². The van der Waals surface area contributed by atoms with Gasteiger partial charge in [0.1, 0.15) is 5.82 Å². The second-order valence-electron chi connectivity index (χ2n) is 5.12. The molecule has 0 radical (unpaired) electrons. The molecule has 2 heterocycles. The van der Waals surface area contributed by atoms with Gasteiger partial charge in [-0.15, -0.1) is 0 Å². The fraction of sp³-hybridized carbons (Fsp3) is 0.714. The first kappa shape index (κ1) is 13.4. The van der Waals surface area contributed by atoms with Crippen LogP contribution in [0.1, 0.15) is 31.3 Å². The van der Waals surface area contributed by atoms with Crippen molar-refractivity contribution in [3.8, 4) is 0 Å². The summed E-state index contributed by atoms with van der Waals surface area (Å²) in [5.41, 5.74) is 1.15. The molecular formula is C14H24N4. The lowest BCUT2D eigenvalue weighted by Crippen LogP contribution is -2.37. The van der Waals surface area contributed by atoms with Crippen molar-refractivity contribution in [1.29, 1.82) is 0 Å². The Kier molecular flexibility index (Phi) is 5.08. The standard InChI is InChI=1S/C14H24N4/c1-3-15-10-13-5-8-18(9-6-13)11-14-4-7-16-12(2)17-14/h4,7,13,15H,3,5-6,8-11H2,1-2H3. The zero-order valence-electron chi connectivity index (χ0n) is 11.5. The van der Waals surface area contributed by atoms with Crippen molar-refractivity contribution in [2.45, 2.75) is 33.2 Å². The van der Waals surface area contributed by atoms with E-state index in [1.54, 1.807) is 0 Å². The maximum atomic E-state index is 4.47. The molecule has 2 rings (SSSR count). The zero-order chi connectivity index (χ0) is 12.8. The minimum atomic E-state index is 0.855. The van der Waals surface area contributed by atoms with Crippen LogP contribution in [0.5, 0.6) is 0 Å². The molecule has 0 bridgehead atoms. The summed E-state index contributed by atoms with van der Waals surface area (Å²) in [6.45, 7) is 9.74. The van der Waals surface area contributed by atoms with Crippen molar-refractivity contribution in [3.05, 3.63) is 23.8 Å². The molecule has 1 aromatic rings. The molecule has 1 fully saturated rings. The fourth-order valence-electron chi connectivity index (χ4n) is 2.52. The van der Waals surface area contributed by atoms with E-state index < -0.39 is 0 Å². The van der Waals surface area contributed by atoms with Crippen LogP contribution in [0.2, 0.25) is 0 Å². The molecule has 1 aromatic heterocycles. The molecule has 1 aliphatic rings. The van der Waals surface area contributed by atoms with Gasteiger partial charge in [-0.05, 0) is 57.9 Å². The number of hydrogen-bond acceptors (Lipinski definition) is 4. The number of hydrogen-bond donors (Lipinski definition) is 1. The Labute approximate surface area is 110 Å². The first-order chi connectivity index (χ1) is 8.78. The third kappa shape index (κ3) is 4.03. The summed E-state index contributed by atoms with van der Waals surface area (Å²) in [5, 5.41) is 3.45. The van der Waals surface area contributed by atoms with E-state index >= 15 is 0 Å². The Balaban J connectivity index is 1.76. The van der Waals surface area contributed by atoms with Crippen molar-refractivity contribution < 1.29 is 0 Å². The van der Waals surface area contributed by atoms with Gasteiger partial charge < -0.3 is 5.32 Å². The second kappa shape index (κ2) is 6.81. The predicted molar refractivity (Wildman–Crippen MR) is 73.3 cm³/mol. The van der Waals surface area contributed by atoms with Crippen LogP contribution in [0, 0.1) is 12.8 Å². The highest BCUT2D eigenvalue weighted by Gasteiger charge is 2.18. The average molecular weight is 248 g/mol. The Morgan fingerprint density at radius 2 is 2.17 bits per heavy atom. The first-order valence-corrected chi connectivity index (χ1v) is 6.99. The fourth-order valence-corrected chi connectivity index (χ4v) is 2.52. The molecule has 0 spiro atoms. The molecular weight excluding hydrogens is 224 g/mol. The van der Waals surface area contributed by atoms with Crippen molar-refractivity contribution >= 4 is 0 Å². The largest absolute Gasteiger partial charge is 0.317 e. The summed E-state index contributed by atoms with van der Waals surface area (Å²) < 4.78 is 0. The van der Waals surface area contributed by atoms with Crippen LogP contribution < -0.4 is 5.32 Å². The first-order valence-electron chi connectivity index (χ1n) is 6.99. The van der Waals surface area contributed by atoms with Gasteiger partial charge in [-0.1, -0.05) is 6.92 Å². The van der Waals surface area contributed by atoms with Gasteiger partial charge in [-0.25, -0.2) is 9.97 Å². The van der Waals surface area contributed by atoms with E-state index in [1.165, 1.54) is 32.5 Å². The molecule has 4 heteroatoms. The Bertz CT molecular complexity index is 359. The van der Waals surface area contributed by atoms with Gasteiger partial charge in [0.15, 0.2) is 0 Å². The van der Waals surface area contributed by atoms with Crippen molar-refractivity contribution in [2.24, 2.45) is 5.92 Å². The van der Waals surface area contributed by atoms with E-state index in [9.17, 15) is 0 Å². The molecule has 0 atom stereocenters. The monoisotopic (exact) mass is 248 g/mol. The Morgan fingerprint density at radius 3 is 2.83 bits per heavy atom. The molecule has 0 aromatic carbocycles. The number of nitrogens with one attached hydrogen (secondary N) is 1. The van der Waals surface area contributed by atoms with Crippen LogP contribution in [0.3, 0.4) is 0 Å². The van der Waals surface area contributed by atoms with Gasteiger partial charge in [0.05, 0.1) is 5.69 Å². The third-order valence-electron chi connectivity index (χ3n) is 3.61. The molecule has 100 valence electrons. The molecule has 1 saturated heterocycles. The van der Waals surface area contributed by atoms with Gasteiger partial charge in [0.25, 0.3) is 0 Å². The van der Waals surface area contributed by atoms with E-state index in [4.69, 9.17) is 0 Å². The lowest BCUT2D eigenvalue weighted by atomic mass is 9.96. The summed E-state index contributed by atoms with van der Waals surface area (Å²) in [6.07, 6.45) is 4.46. The molecule has 4 nitrogen and oxygen atoms in total. The molecule has 18 heavy (non-hydrogen) atoms. The number of aryl methyl sites for hydroxylation is 1. The number of aromatic nitrogens is 2. The van der Waals surface area contributed by atoms with Gasteiger partial charge in [0.2, 0.25) is 0 Å². The number of piperidine rings is 1. The predicted octanol–water partition coefficient (Wildman–Crippen LogP) is 1.61. The van der Waals surface area contributed by atoms with Crippen molar-refractivity contribution in [3.63, 3.8) is 0 Å². The minimum absolute atomic E-state index is 0.855. The van der Waals surface area contributed by atoms with Gasteiger partial charge in [-0.2, -0.15) is 0 Å². The van der Waals surface area contributed by atoms with Crippen molar-refractivity contribution in [2.75, 3.05) is 26.2 Å². The van der Waals surface area contributed by atoms with Gasteiger partial charge in [-0.3, -0.25) is 4.90 Å². The van der Waals surface area contributed by atoms with Crippen LogP contribution >= 0.6 is 0 Å². The SMILES string of the molecule is CCNCC1CCN(Cc2ccnc(C)n2)CC1. The molecule has 0 unspecified atom stereocenters. The van der Waals surface area contributed by atoms with Crippen LogP contribution in [0.25, 0.3) is 0 Å². The van der Waals surface area contributed by atoms with Crippen LogP contribution in [0.4, 0.5) is 0 Å². The number of rotatable bonds is 5. The maximum Gasteiger partial charge on any atom is 0.125 e. The Morgan fingerprint density at radius 1 is 1.39 bits per heavy atom. The highest BCUT2D eigenvalue weighted by atomic mass is 15.1. The summed E-state index contributed by atoms with van der Waals surface area (Å²) in [4.78, 5) is 11.1. The van der Waals surface area contributed by atoms with E-state index in [1.807, 2.05) is 19.2 Å². The quantitative estimate of drug-likeness (QED) is 0.859. The topological polar surface area (TPSA) is 41.0 Å². The van der Waals surface area contributed by atoms with E-state index in [0.29, 0.717) is 0 Å². The van der Waals surface area contributed by atoms with Crippen LogP contribution in [0.15, 0.2) is 12.3 Å². The number of likely N-dealkylation sites (tertiary alicyclic amines) is 1. The van der Waals surface area contributed by atoms with E-state index in [2.05, 4.69) is 27.1 Å². The molecule has 0 saturated carbocycles. The minimum Gasteiger partial charge on any atom is -0.317 e. The summed E-state index contributed by atoms with van der Waals surface area (Å²) in [7, 11) is 0. The summed E-state index contributed by atoms with van der Waals surface area (Å²) in [6, 6.07) is 2.03. The van der Waals surface area contributed by atoms with Gasteiger partial charge >= 0.3 is 0 Å². The molecule has 1 aliphatic heterocycles. The Hall–Kier alpha value is -1.00. The van der Waals surface area contributed by atoms with Crippen LogP contribution in [-0.2, 0) is 6.54 Å². The lowest BCUT2D eigenvalue weighted by Gasteiger charge is -2.31. The summed E-state index contributed by atoms with van der Waals surface area (Å²) in [5.74, 6) is 1.72. The summed E-state index contributed by atoms with van der Waals surface area (Å²) >= 11 is 0. The normalized spacial score (nSPS) is 18.1.